The third-order valence-electron chi connectivity index (χ3n) is 6.51. The van der Waals surface area contributed by atoms with Crippen LogP contribution in [0.25, 0.3) is 45.3 Å². The number of nitrogen functional groups attached to an aromatic ring is 4. The number of hydrogen-bond acceptors (Lipinski definition) is 16. The van der Waals surface area contributed by atoms with Crippen LogP contribution in [-0.2, 0) is 9.59 Å². The summed E-state index contributed by atoms with van der Waals surface area (Å²) in [6.07, 6.45) is 5.22. The van der Waals surface area contributed by atoms with Gasteiger partial charge in [0.1, 0.15) is 11.4 Å². The normalized spacial score (nSPS) is 10.8. The number of anilines is 4. The van der Waals surface area contributed by atoms with Crippen LogP contribution in [0.4, 0.5) is 32.3 Å². The molecule has 16 nitrogen and oxygen atoms in total. The van der Waals surface area contributed by atoms with Crippen LogP contribution in [0.3, 0.4) is 0 Å². The van der Waals surface area contributed by atoms with E-state index >= 15 is 0 Å². The highest BCUT2D eigenvalue weighted by atomic mass is 19.1. The van der Waals surface area contributed by atoms with Crippen molar-refractivity contribution in [3.8, 4) is 56.8 Å². The highest BCUT2D eigenvalue weighted by Gasteiger charge is 2.26. The molecule has 6 heterocycles. The van der Waals surface area contributed by atoms with Crippen LogP contribution in [-0.4, -0.2) is 51.8 Å². The Kier molecular flexibility index (Phi) is 8.10. The minimum absolute atomic E-state index is 0.00812. The Morgan fingerprint density at radius 3 is 1.29 bits per heavy atom. The smallest absolute Gasteiger partial charge is 0.416 e. The molecule has 0 aromatic carbocycles. The van der Waals surface area contributed by atoms with Gasteiger partial charge >= 0.3 is 11.9 Å². The minimum atomic E-state index is -1.49. The molecule has 0 atom stereocenters. The molecule has 8 N–H and O–H groups in total. The number of hydrogen-bond donors (Lipinski definition) is 4. The molecule has 0 aliphatic carbocycles. The lowest BCUT2D eigenvalue weighted by molar-refractivity contribution is -0.156. The molecule has 0 saturated heterocycles. The van der Waals surface area contributed by atoms with Gasteiger partial charge in [-0.1, -0.05) is 0 Å². The maximum Gasteiger partial charge on any atom is 0.423 e. The van der Waals surface area contributed by atoms with E-state index in [4.69, 9.17) is 32.4 Å². The summed E-state index contributed by atoms with van der Waals surface area (Å²) in [4.78, 5) is 58.2. The first-order valence-electron chi connectivity index (χ1n) is 13.5. The molecule has 0 radical (unpaired) electrons. The van der Waals surface area contributed by atoms with Crippen molar-refractivity contribution in [2.24, 2.45) is 0 Å². The third-order valence-corrected chi connectivity index (χ3v) is 6.51. The maximum absolute atomic E-state index is 14.8. The molecule has 0 unspecified atom stereocenters. The van der Waals surface area contributed by atoms with Gasteiger partial charge in [-0.25, -0.2) is 58.2 Å². The lowest BCUT2D eigenvalue weighted by Crippen LogP contribution is -2.26. The largest absolute Gasteiger partial charge is 0.423 e. The summed E-state index contributed by atoms with van der Waals surface area (Å²) in [7, 11) is 0. The predicted octanol–water partition coefficient (Wildman–Crippen LogP) is 2.63. The van der Waals surface area contributed by atoms with E-state index in [0.29, 0.717) is 0 Å². The van der Waals surface area contributed by atoms with Gasteiger partial charge in [0.15, 0.2) is 34.8 Å². The zero-order valence-electron chi connectivity index (χ0n) is 24.2. The van der Waals surface area contributed by atoms with Crippen molar-refractivity contribution in [3.05, 3.63) is 85.0 Å². The maximum atomic E-state index is 14.8. The number of esters is 2. The molecule has 6 aromatic rings. The summed E-state index contributed by atoms with van der Waals surface area (Å²) in [5, 5.41) is 0. The zero-order chi connectivity index (χ0) is 33.9. The number of nitrogens with two attached hydrogens (primary N) is 4. The molecular weight excluding hydrogens is 630 g/mol. The topological polar surface area (TPSA) is 260 Å². The van der Waals surface area contributed by atoms with Crippen molar-refractivity contribution >= 4 is 35.5 Å². The van der Waals surface area contributed by atoms with Gasteiger partial charge in [0.2, 0.25) is 11.9 Å². The Labute approximate surface area is 267 Å². The van der Waals surface area contributed by atoms with Crippen LogP contribution in [0, 0.1) is 11.6 Å². The molecule has 0 saturated carbocycles. The molecule has 6 rings (SSSR count). The Bertz CT molecular complexity index is 2080. The number of pyridine rings is 4. The SMILES string of the molecule is Nc1nccc(-c2nc(-c3ccnc(N)c3F)ccc2OC(=O)C(=O)Oc2ccc(-c3ccnc(N)c3F)nc2-c2ccnc(N)n2)n1. The molecule has 0 spiro atoms. The number of rotatable bonds is 6. The number of aromatic nitrogens is 8. The molecule has 0 aliphatic rings. The summed E-state index contributed by atoms with van der Waals surface area (Å²) < 4.78 is 40.3. The van der Waals surface area contributed by atoms with Crippen LogP contribution in [0.2, 0.25) is 0 Å². The average molecular weight is 651 g/mol. The second kappa shape index (κ2) is 12.6. The van der Waals surface area contributed by atoms with Crippen molar-refractivity contribution in [1.29, 1.82) is 0 Å². The molecule has 48 heavy (non-hydrogen) atoms. The molecule has 238 valence electrons. The number of halogens is 2. The second-order valence-electron chi connectivity index (χ2n) is 9.58. The standard InChI is InChI=1S/C30H20F2N12O4/c31-21-13(5-9-37-25(21)33)15-1-3-19(23(41-15)17-7-11-39-29(35)43-17)47-27(45)28(46)48-20-4-2-16(14-6-10-38-26(34)22(14)32)42-24(20)18-8-12-40-30(36)44-18/h1-12H,(H2,33,37)(H2,34,38)(H2,35,39,43)(H2,36,40,44). The highest BCUT2D eigenvalue weighted by molar-refractivity contribution is 6.31. The van der Waals surface area contributed by atoms with E-state index in [1.54, 1.807) is 0 Å². The fraction of sp³-hybridized carbons (Fsp3) is 0. The quantitative estimate of drug-likeness (QED) is 0.149. The predicted molar refractivity (Wildman–Crippen MR) is 166 cm³/mol. The van der Waals surface area contributed by atoms with Crippen molar-refractivity contribution in [2.75, 3.05) is 22.9 Å². The Morgan fingerprint density at radius 2 is 0.896 bits per heavy atom. The van der Waals surface area contributed by atoms with Crippen molar-refractivity contribution < 1.29 is 27.8 Å². The first-order valence-corrected chi connectivity index (χ1v) is 13.5. The number of ether oxygens (including phenoxy) is 2. The van der Waals surface area contributed by atoms with Gasteiger partial charge in [-0.05, 0) is 48.5 Å². The van der Waals surface area contributed by atoms with E-state index in [1.807, 2.05) is 0 Å². The fourth-order valence-electron chi connectivity index (χ4n) is 4.33. The summed E-state index contributed by atoms with van der Waals surface area (Å²) in [6.45, 7) is 0. The molecule has 6 aromatic heterocycles. The number of carbonyl (C=O) groups is 2. The third kappa shape index (κ3) is 6.15. The van der Waals surface area contributed by atoms with E-state index in [9.17, 15) is 18.4 Å². The zero-order valence-corrected chi connectivity index (χ0v) is 24.2. The number of carbonyl (C=O) groups excluding carboxylic acids is 2. The summed E-state index contributed by atoms with van der Waals surface area (Å²) in [5.41, 5.74) is 22.8. The van der Waals surface area contributed by atoms with Gasteiger partial charge in [0.25, 0.3) is 0 Å². The van der Waals surface area contributed by atoms with Gasteiger partial charge in [-0.3, -0.25) is 0 Å². The van der Waals surface area contributed by atoms with Crippen LogP contribution in [0.15, 0.2) is 73.3 Å². The van der Waals surface area contributed by atoms with Gasteiger partial charge in [0.05, 0.1) is 22.8 Å². The van der Waals surface area contributed by atoms with Crippen LogP contribution in [0.5, 0.6) is 11.5 Å². The summed E-state index contributed by atoms with van der Waals surface area (Å²) in [6, 6.07) is 10.7. The molecule has 0 bridgehead atoms. The molecule has 0 amide bonds. The Hall–Kier alpha value is -7.24. The highest BCUT2D eigenvalue weighted by Crippen LogP contribution is 2.34. The van der Waals surface area contributed by atoms with Gasteiger partial charge in [0, 0.05) is 35.9 Å². The van der Waals surface area contributed by atoms with Crippen molar-refractivity contribution in [1.82, 2.24) is 39.9 Å². The lowest BCUT2D eigenvalue weighted by atomic mass is 10.1. The van der Waals surface area contributed by atoms with E-state index in [1.165, 1.54) is 73.3 Å². The van der Waals surface area contributed by atoms with E-state index in [-0.39, 0.29) is 80.3 Å². The summed E-state index contributed by atoms with van der Waals surface area (Å²) in [5.74, 6) is -6.16. The monoisotopic (exact) mass is 650 g/mol. The minimum Gasteiger partial charge on any atom is -0.416 e. The van der Waals surface area contributed by atoms with E-state index in [2.05, 4.69) is 39.9 Å². The van der Waals surface area contributed by atoms with E-state index in [0.717, 1.165) is 0 Å². The van der Waals surface area contributed by atoms with Gasteiger partial charge in [-0.2, -0.15) is 0 Å². The first-order chi connectivity index (χ1) is 23.1. The molecule has 18 heteroatoms. The first kappa shape index (κ1) is 30.8. The molecule has 0 aliphatic heterocycles. The molecule has 0 fully saturated rings. The summed E-state index contributed by atoms with van der Waals surface area (Å²) >= 11 is 0. The van der Waals surface area contributed by atoms with Crippen LogP contribution in [0.1, 0.15) is 0 Å². The van der Waals surface area contributed by atoms with Crippen molar-refractivity contribution in [3.63, 3.8) is 0 Å². The lowest BCUT2D eigenvalue weighted by Gasteiger charge is -2.13. The van der Waals surface area contributed by atoms with Crippen LogP contribution >= 0.6 is 0 Å². The van der Waals surface area contributed by atoms with E-state index < -0.39 is 23.6 Å². The van der Waals surface area contributed by atoms with Crippen molar-refractivity contribution in [2.45, 2.75) is 0 Å². The van der Waals surface area contributed by atoms with Crippen LogP contribution < -0.4 is 32.4 Å². The molecular formula is C30H20F2N12O4. The van der Waals surface area contributed by atoms with Gasteiger partial charge < -0.3 is 32.4 Å². The number of nitrogens with zero attached hydrogens (tertiary/aromatic N) is 8. The Morgan fingerprint density at radius 1 is 0.500 bits per heavy atom. The second-order valence-corrected chi connectivity index (χ2v) is 9.58. The fourth-order valence-corrected chi connectivity index (χ4v) is 4.33. The van der Waals surface area contributed by atoms with Gasteiger partial charge in [-0.15, -0.1) is 0 Å². The average Bonchev–Trinajstić information content (AvgIpc) is 3.07. The Balaban J connectivity index is 1.34.